The van der Waals surface area contributed by atoms with Gasteiger partial charge in [0.25, 0.3) is 0 Å². The number of fused-ring (bicyclic) bond motifs is 1. The molecule has 0 aliphatic carbocycles. The molecule has 1 aromatic heterocycles. The van der Waals surface area contributed by atoms with Crippen LogP contribution in [0.5, 0.6) is 5.75 Å². The monoisotopic (exact) mass is 357 g/mol. The lowest BCUT2D eigenvalue weighted by atomic mass is 10.2. The van der Waals surface area contributed by atoms with Gasteiger partial charge in [0.1, 0.15) is 5.75 Å². The second kappa shape index (κ2) is 8.26. The Hall–Kier alpha value is -2.20. The SMILES string of the molecule is CCCCCCn1c(NCc2cc(Cl)ccc2O)nc2ccccc21. The van der Waals surface area contributed by atoms with Gasteiger partial charge in [0.2, 0.25) is 5.95 Å². The number of aromatic nitrogens is 2. The third kappa shape index (κ3) is 4.26. The van der Waals surface area contributed by atoms with Gasteiger partial charge in [0.15, 0.2) is 0 Å². The molecule has 132 valence electrons. The molecule has 0 atom stereocenters. The molecule has 0 fully saturated rings. The molecule has 0 saturated carbocycles. The first-order chi connectivity index (χ1) is 12.2. The van der Waals surface area contributed by atoms with Crippen molar-refractivity contribution in [1.29, 1.82) is 0 Å². The maximum atomic E-state index is 10.00. The van der Waals surface area contributed by atoms with Gasteiger partial charge in [-0.25, -0.2) is 4.98 Å². The zero-order valence-corrected chi connectivity index (χ0v) is 15.3. The molecule has 2 aromatic carbocycles. The van der Waals surface area contributed by atoms with Gasteiger partial charge in [-0.1, -0.05) is 49.9 Å². The van der Waals surface area contributed by atoms with Crippen molar-refractivity contribution in [2.24, 2.45) is 0 Å². The van der Waals surface area contributed by atoms with E-state index in [0.29, 0.717) is 11.6 Å². The Kier molecular flexibility index (Phi) is 5.82. The van der Waals surface area contributed by atoms with E-state index < -0.39 is 0 Å². The predicted octanol–water partition coefficient (Wildman–Crippen LogP) is 5.59. The summed E-state index contributed by atoms with van der Waals surface area (Å²) < 4.78 is 2.23. The number of halogens is 1. The molecule has 0 spiro atoms. The second-order valence-electron chi connectivity index (χ2n) is 6.26. The maximum Gasteiger partial charge on any atom is 0.204 e. The fraction of sp³-hybridized carbons (Fsp3) is 0.350. The van der Waals surface area contributed by atoms with E-state index in [1.54, 1.807) is 18.2 Å². The van der Waals surface area contributed by atoms with Crippen LogP contribution in [0, 0.1) is 0 Å². The standard InChI is InChI=1S/C20H24ClN3O/c1-2-3-4-7-12-24-18-9-6-5-8-17(18)23-20(24)22-14-15-13-16(21)10-11-19(15)25/h5-6,8-11,13,25H,2-4,7,12,14H2,1H3,(H,22,23). The zero-order valence-electron chi connectivity index (χ0n) is 14.5. The van der Waals surface area contributed by atoms with Crippen LogP contribution in [0.2, 0.25) is 5.02 Å². The Labute approximate surface area is 153 Å². The quantitative estimate of drug-likeness (QED) is 0.517. The molecule has 0 unspecified atom stereocenters. The van der Waals surface area contributed by atoms with E-state index in [1.807, 2.05) is 18.2 Å². The Balaban J connectivity index is 1.80. The van der Waals surface area contributed by atoms with Crippen molar-refractivity contribution in [3.8, 4) is 5.75 Å². The summed E-state index contributed by atoms with van der Waals surface area (Å²) >= 11 is 6.03. The van der Waals surface area contributed by atoms with Crippen LogP contribution in [0.25, 0.3) is 11.0 Å². The highest BCUT2D eigenvalue weighted by atomic mass is 35.5. The molecule has 3 aromatic rings. The van der Waals surface area contributed by atoms with Gasteiger partial charge < -0.3 is 15.0 Å². The number of anilines is 1. The van der Waals surface area contributed by atoms with Gasteiger partial charge in [-0.05, 0) is 36.8 Å². The minimum Gasteiger partial charge on any atom is -0.508 e. The van der Waals surface area contributed by atoms with Crippen molar-refractivity contribution in [2.45, 2.75) is 45.7 Å². The largest absolute Gasteiger partial charge is 0.508 e. The van der Waals surface area contributed by atoms with Crippen LogP contribution in [0.1, 0.15) is 38.2 Å². The molecule has 0 amide bonds. The molecule has 0 saturated heterocycles. The van der Waals surface area contributed by atoms with E-state index in [2.05, 4.69) is 22.9 Å². The average molecular weight is 358 g/mol. The van der Waals surface area contributed by atoms with Crippen LogP contribution < -0.4 is 5.32 Å². The van der Waals surface area contributed by atoms with Crippen LogP contribution >= 0.6 is 11.6 Å². The Morgan fingerprint density at radius 2 is 1.96 bits per heavy atom. The first-order valence-corrected chi connectivity index (χ1v) is 9.23. The molecule has 4 nitrogen and oxygen atoms in total. The number of rotatable bonds is 8. The molecule has 0 aliphatic rings. The number of phenols is 1. The smallest absolute Gasteiger partial charge is 0.204 e. The van der Waals surface area contributed by atoms with Crippen LogP contribution in [-0.2, 0) is 13.1 Å². The number of nitrogens with one attached hydrogen (secondary N) is 1. The number of unbranched alkanes of at least 4 members (excludes halogenated alkanes) is 3. The Bertz CT molecular complexity index is 844. The summed E-state index contributed by atoms with van der Waals surface area (Å²) in [6.45, 7) is 3.63. The second-order valence-corrected chi connectivity index (χ2v) is 6.70. The van der Waals surface area contributed by atoms with Gasteiger partial charge in [-0.3, -0.25) is 0 Å². The number of nitrogens with zero attached hydrogens (tertiary/aromatic N) is 2. The number of phenolic OH excluding ortho intramolecular Hbond substituents is 1. The van der Waals surface area contributed by atoms with Gasteiger partial charge in [0.05, 0.1) is 11.0 Å². The summed E-state index contributed by atoms with van der Waals surface area (Å²) in [7, 11) is 0. The fourth-order valence-corrected chi connectivity index (χ4v) is 3.20. The molecule has 0 bridgehead atoms. The summed E-state index contributed by atoms with van der Waals surface area (Å²) in [6, 6.07) is 13.3. The molecule has 25 heavy (non-hydrogen) atoms. The van der Waals surface area contributed by atoms with Gasteiger partial charge in [-0.15, -0.1) is 0 Å². The molecule has 2 N–H and O–H groups in total. The van der Waals surface area contributed by atoms with E-state index >= 15 is 0 Å². The lowest BCUT2D eigenvalue weighted by Crippen LogP contribution is -2.08. The number of aryl methyl sites for hydroxylation is 1. The molecular weight excluding hydrogens is 334 g/mol. The third-order valence-electron chi connectivity index (χ3n) is 4.37. The van der Waals surface area contributed by atoms with Gasteiger partial charge in [0, 0.05) is 23.7 Å². The Morgan fingerprint density at radius 3 is 2.80 bits per heavy atom. The normalized spacial score (nSPS) is 11.1. The molecule has 5 heteroatoms. The molecule has 0 radical (unpaired) electrons. The van der Waals surface area contributed by atoms with Crippen LogP contribution in [-0.4, -0.2) is 14.7 Å². The third-order valence-corrected chi connectivity index (χ3v) is 4.60. The summed E-state index contributed by atoms with van der Waals surface area (Å²) in [5, 5.41) is 14.0. The molecule has 1 heterocycles. The number of aromatic hydroxyl groups is 1. The van der Waals surface area contributed by atoms with Crippen molar-refractivity contribution in [3.63, 3.8) is 0 Å². The molecule has 0 aliphatic heterocycles. The summed E-state index contributed by atoms with van der Waals surface area (Å²) in [5.41, 5.74) is 2.88. The first kappa shape index (κ1) is 17.6. The minimum absolute atomic E-state index is 0.238. The summed E-state index contributed by atoms with van der Waals surface area (Å²) in [4.78, 5) is 4.72. The Morgan fingerprint density at radius 1 is 1.12 bits per heavy atom. The lowest BCUT2D eigenvalue weighted by Gasteiger charge is -2.12. The van der Waals surface area contributed by atoms with Crippen molar-refractivity contribution < 1.29 is 5.11 Å². The van der Waals surface area contributed by atoms with Crippen LogP contribution in [0.4, 0.5) is 5.95 Å². The topological polar surface area (TPSA) is 50.1 Å². The first-order valence-electron chi connectivity index (χ1n) is 8.85. The van der Waals surface area contributed by atoms with E-state index in [1.165, 1.54) is 19.3 Å². The van der Waals surface area contributed by atoms with E-state index in [4.69, 9.17) is 16.6 Å². The molecular formula is C20H24ClN3O. The molecule has 3 rings (SSSR count). The van der Waals surface area contributed by atoms with Crippen molar-refractivity contribution in [1.82, 2.24) is 9.55 Å². The van der Waals surface area contributed by atoms with Crippen molar-refractivity contribution in [3.05, 3.63) is 53.1 Å². The highest BCUT2D eigenvalue weighted by Gasteiger charge is 2.11. The fourth-order valence-electron chi connectivity index (χ4n) is 3.00. The van der Waals surface area contributed by atoms with E-state index in [0.717, 1.165) is 35.5 Å². The number of benzene rings is 2. The lowest BCUT2D eigenvalue weighted by molar-refractivity contribution is 0.469. The number of imidazole rings is 1. The summed E-state index contributed by atoms with van der Waals surface area (Å²) in [6.07, 6.45) is 4.83. The highest BCUT2D eigenvalue weighted by molar-refractivity contribution is 6.30. The van der Waals surface area contributed by atoms with Crippen molar-refractivity contribution >= 4 is 28.6 Å². The zero-order chi connectivity index (χ0) is 17.6. The number of hydrogen-bond acceptors (Lipinski definition) is 3. The minimum atomic E-state index is 0.238. The maximum absolute atomic E-state index is 10.00. The predicted molar refractivity (Wildman–Crippen MR) is 104 cm³/mol. The average Bonchev–Trinajstić information content (AvgIpc) is 2.97. The van der Waals surface area contributed by atoms with Crippen LogP contribution in [0.15, 0.2) is 42.5 Å². The van der Waals surface area contributed by atoms with Gasteiger partial charge in [-0.2, -0.15) is 0 Å². The number of hydrogen-bond donors (Lipinski definition) is 2. The van der Waals surface area contributed by atoms with Gasteiger partial charge >= 0.3 is 0 Å². The number of para-hydroxylation sites is 2. The van der Waals surface area contributed by atoms with E-state index in [9.17, 15) is 5.11 Å². The van der Waals surface area contributed by atoms with Crippen LogP contribution in [0.3, 0.4) is 0 Å². The summed E-state index contributed by atoms with van der Waals surface area (Å²) in [5.74, 6) is 1.07. The van der Waals surface area contributed by atoms with Crippen molar-refractivity contribution in [2.75, 3.05) is 5.32 Å². The van der Waals surface area contributed by atoms with E-state index in [-0.39, 0.29) is 5.75 Å². The highest BCUT2D eigenvalue weighted by Crippen LogP contribution is 2.24.